The summed E-state index contributed by atoms with van der Waals surface area (Å²) in [5.41, 5.74) is 0.535. The van der Waals surface area contributed by atoms with Crippen LogP contribution in [0.3, 0.4) is 0 Å². The fourth-order valence-electron chi connectivity index (χ4n) is 2.41. The highest BCUT2D eigenvalue weighted by Crippen LogP contribution is 2.54. The van der Waals surface area contributed by atoms with Crippen molar-refractivity contribution in [2.45, 2.75) is 18.9 Å². The second-order valence-corrected chi connectivity index (χ2v) is 4.60. The molecule has 0 spiro atoms. The largest absolute Gasteiger partial charge is 0.474 e. The smallest absolute Gasteiger partial charge is 0.351 e. The fraction of sp³-hybridized carbons (Fsp3) is 0.385. The lowest BCUT2D eigenvalue weighted by Crippen LogP contribution is -2.38. The molecule has 1 aliphatic carbocycles. The van der Waals surface area contributed by atoms with Crippen molar-refractivity contribution in [3.63, 3.8) is 0 Å². The highest BCUT2D eigenvalue weighted by atomic mass is 16.6. The third-order valence-corrected chi connectivity index (χ3v) is 3.45. The van der Waals surface area contributed by atoms with E-state index in [1.165, 1.54) is 7.11 Å². The third kappa shape index (κ3) is 1.24. The normalized spacial score (nSPS) is 28.8. The summed E-state index contributed by atoms with van der Waals surface area (Å²) in [7, 11) is 1.31. The Bertz CT molecular complexity index is 534. The van der Waals surface area contributed by atoms with Gasteiger partial charge in [0.2, 0.25) is 5.60 Å². The van der Waals surface area contributed by atoms with Crippen LogP contribution in [0.1, 0.15) is 22.3 Å². The number of Topliss-reactive ketones (excluding diaryl/α,β-unsaturated/α-hetero) is 1. The van der Waals surface area contributed by atoms with Gasteiger partial charge in [0.1, 0.15) is 5.75 Å². The van der Waals surface area contributed by atoms with Crippen LogP contribution in [-0.2, 0) is 9.53 Å². The third-order valence-electron chi connectivity index (χ3n) is 3.45. The summed E-state index contributed by atoms with van der Waals surface area (Å²) in [5, 5.41) is 0. The van der Waals surface area contributed by atoms with E-state index >= 15 is 0 Å². The van der Waals surface area contributed by atoms with Crippen molar-refractivity contribution in [2.24, 2.45) is 5.92 Å². The molecule has 4 heteroatoms. The van der Waals surface area contributed by atoms with Crippen molar-refractivity contribution in [2.75, 3.05) is 7.11 Å². The molecular formula is C13H12O4. The monoisotopic (exact) mass is 232 g/mol. The van der Waals surface area contributed by atoms with E-state index in [4.69, 9.17) is 9.47 Å². The first kappa shape index (κ1) is 10.3. The van der Waals surface area contributed by atoms with Crippen LogP contribution in [0.5, 0.6) is 5.75 Å². The topological polar surface area (TPSA) is 52.6 Å². The molecular weight excluding hydrogens is 220 g/mol. The molecule has 0 saturated heterocycles. The van der Waals surface area contributed by atoms with Gasteiger partial charge in [0, 0.05) is 6.42 Å². The number of aryl methyl sites for hydroxylation is 1. The molecule has 0 bridgehead atoms. The second-order valence-electron chi connectivity index (χ2n) is 4.60. The Hall–Kier alpha value is -1.84. The van der Waals surface area contributed by atoms with Gasteiger partial charge >= 0.3 is 5.97 Å². The SMILES string of the molecule is COC(=O)[C@]12C[C@@H]1C(=O)c1cc(C)ccc1O2. The van der Waals surface area contributed by atoms with E-state index < -0.39 is 11.6 Å². The highest BCUT2D eigenvalue weighted by molar-refractivity contribution is 6.09. The molecule has 0 aromatic heterocycles. The van der Waals surface area contributed by atoms with Crippen LogP contribution in [-0.4, -0.2) is 24.5 Å². The summed E-state index contributed by atoms with van der Waals surface area (Å²) in [6, 6.07) is 5.40. The van der Waals surface area contributed by atoms with Gasteiger partial charge in [-0.15, -0.1) is 0 Å². The molecule has 1 heterocycles. The Balaban J connectivity index is 2.06. The summed E-state index contributed by atoms with van der Waals surface area (Å²) in [6.07, 6.45) is 0.423. The predicted octanol–water partition coefficient (Wildman–Crippen LogP) is 1.50. The maximum atomic E-state index is 12.1. The van der Waals surface area contributed by atoms with Crippen LogP contribution in [0.15, 0.2) is 18.2 Å². The van der Waals surface area contributed by atoms with Crippen LogP contribution >= 0.6 is 0 Å². The molecule has 88 valence electrons. The fourth-order valence-corrected chi connectivity index (χ4v) is 2.41. The van der Waals surface area contributed by atoms with Crippen LogP contribution < -0.4 is 4.74 Å². The Kier molecular flexibility index (Phi) is 1.88. The molecule has 0 N–H and O–H groups in total. The van der Waals surface area contributed by atoms with E-state index in [0.717, 1.165) is 5.56 Å². The predicted molar refractivity (Wildman–Crippen MR) is 59.0 cm³/mol. The van der Waals surface area contributed by atoms with Gasteiger partial charge in [-0.2, -0.15) is 0 Å². The number of methoxy groups -OCH3 is 1. The van der Waals surface area contributed by atoms with Crippen molar-refractivity contribution in [3.05, 3.63) is 29.3 Å². The molecule has 4 nitrogen and oxygen atoms in total. The number of ketones is 1. The number of carbonyl (C=O) groups is 2. The Morgan fingerprint density at radius 3 is 3.00 bits per heavy atom. The van der Waals surface area contributed by atoms with E-state index in [1.54, 1.807) is 12.1 Å². The summed E-state index contributed by atoms with van der Waals surface area (Å²) >= 11 is 0. The van der Waals surface area contributed by atoms with Gasteiger partial charge in [0.05, 0.1) is 18.6 Å². The first-order chi connectivity index (χ1) is 8.08. The number of esters is 1. The molecule has 0 radical (unpaired) electrons. The Morgan fingerprint density at radius 2 is 2.29 bits per heavy atom. The standard InChI is InChI=1S/C13H12O4/c1-7-3-4-10-8(5-7)11(14)9-6-13(9,17-10)12(15)16-2/h3-5,9H,6H2,1-2H3/t9-,13+/m1/s1. The number of hydrogen-bond acceptors (Lipinski definition) is 4. The van der Waals surface area contributed by atoms with Crippen molar-refractivity contribution < 1.29 is 19.1 Å². The summed E-state index contributed by atoms with van der Waals surface area (Å²) in [6.45, 7) is 1.92. The van der Waals surface area contributed by atoms with E-state index in [9.17, 15) is 9.59 Å². The summed E-state index contributed by atoms with van der Waals surface area (Å²) in [5.74, 6) is -0.355. The van der Waals surface area contributed by atoms with Crippen LogP contribution in [0.2, 0.25) is 0 Å². The number of benzene rings is 1. The Labute approximate surface area is 98.5 Å². The van der Waals surface area contributed by atoms with Crippen molar-refractivity contribution in [1.29, 1.82) is 0 Å². The van der Waals surface area contributed by atoms with E-state index in [1.807, 2.05) is 13.0 Å². The highest BCUT2D eigenvalue weighted by Gasteiger charge is 2.70. The quantitative estimate of drug-likeness (QED) is 0.688. The average Bonchev–Trinajstić information content (AvgIpc) is 3.06. The van der Waals surface area contributed by atoms with Gasteiger partial charge in [-0.25, -0.2) is 4.79 Å². The molecule has 3 rings (SSSR count). The van der Waals surface area contributed by atoms with E-state index in [2.05, 4.69) is 0 Å². The zero-order valence-corrected chi connectivity index (χ0v) is 9.65. The first-order valence-electron chi connectivity index (χ1n) is 5.51. The zero-order valence-electron chi connectivity index (χ0n) is 9.65. The van der Waals surface area contributed by atoms with Crippen LogP contribution in [0.25, 0.3) is 0 Å². The van der Waals surface area contributed by atoms with Crippen molar-refractivity contribution in [1.82, 2.24) is 0 Å². The maximum Gasteiger partial charge on any atom is 0.351 e. The molecule has 0 unspecified atom stereocenters. The number of fused-ring (bicyclic) bond motifs is 2. The second kappa shape index (κ2) is 3.09. The van der Waals surface area contributed by atoms with Gasteiger partial charge in [-0.3, -0.25) is 4.79 Å². The minimum Gasteiger partial charge on any atom is -0.474 e. The molecule has 1 aliphatic heterocycles. The summed E-state index contributed by atoms with van der Waals surface area (Å²) in [4.78, 5) is 23.8. The minimum absolute atomic E-state index is 0.0136. The molecule has 2 atom stereocenters. The average molecular weight is 232 g/mol. The van der Waals surface area contributed by atoms with Crippen LogP contribution in [0, 0.1) is 12.8 Å². The van der Waals surface area contributed by atoms with Gasteiger partial charge in [0.15, 0.2) is 5.78 Å². The minimum atomic E-state index is -1.05. The number of carbonyl (C=O) groups excluding carboxylic acids is 2. The molecule has 1 aromatic carbocycles. The van der Waals surface area contributed by atoms with Crippen molar-refractivity contribution >= 4 is 11.8 Å². The van der Waals surface area contributed by atoms with E-state index in [0.29, 0.717) is 17.7 Å². The number of rotatable bonds is 1. The van der Waals surface area contributed by atoms with Crippen molar-refractivity contribution in [3.8, 4) is 5.75 Å². The first-order valence-corrected chi connectivity index (χ1v) is 5.51. The summed E-state index contributed by atoms with van der Waals surface area (Å²) < 4.78 is 10.4. The Morgan fingerprint density at radius 1 is 1.53 bits per heavy atom. The number of ether oxygens (including phenoxy) is 2. The van der Waals surface area contributed by atoms with Gasteiger partial charge in [0.25, 0.3) is 0 Å². The zero-order chi connectivity index (χ0) is 12.2. The number of hydrogen-bond donors (Lipinski definition) is 0. The molecule has 0 amide bonds. The van der Waals surface area contributed by atoms with Gasteiger partial charge in [-0.05, 0) is 19.1 Å². The van der Waals surface area contributed by atoms with Crippen LogP contribution in [0.4, 0.5) is 0 Å². The molecule has 17 heavy (non-hydrogen) atoms. The lowest BCUT2D eigenvalue weighted by atomic mass is 9.99. The van der Waals surface area contributed by atoms with Gasteiger partial charge in [-0.1, -0.05) is 11.6 Å². The molecule has 1 aromatic rings. The van der Waals surface area contributed by atoms with Gasteiger partial charge < -0.3 is 9.47 Å². The van der Waals surface area contributed by atoms with E-state index in [-0.39, 0.29) is 11.7 Å². The lowest BCUT2D eigenvalue weighted by molar-refractivity contribution is -0.151. The molecule has 1 saturated carbocycles. The lowest BCUT2D eigenvalue weighted by Gasteiger charge is -2.23. The molecule has 1 fully saturated rings. The molecule has 2 aliphatic rings. The maximum absolute atomic E-state index is 12.1.